The van der Waals surface area contributed by atoms with Gasteiger partial charge in [0.15, 0.2) is 0 Å². The molecule has 19 heavy (non-hydrogen) atoms. The van der Waals surface area contributed by atoms with Crippen molar-refractivity contribution in [3.05, 3.63) is 24.3 Å². The van der Waals surface area contributed by atoms with Crippen LogP contribution < -0.4 is 15.2 Å². The van der Waals surface area contributed by atoms with Crippen LogP contribution in [0.3, 0.4) is 0 Å². The fourth-order valence-electron chi connectivity index (χ4n) is 1.54. The molecule has 1 unspecified atom stereocenters. The van der Waals surface area contributed by atoms with Crippen LogP contribution >= 0.6 is 0 Å². The topological polar surface area (TPSA) is 81.8 Å². The highest BCUT2D eigenvalue weighted by Gasteiger charge is 2.26. The van der Waals surface area contributed by atoms with E-state index in [1.54, 1.807) is 0 Å². The Morgan fingerprint density at radius 2 is 1.79 bits per heavy atom. The van der Waals surface area contributed by atoms with Gasteiger partial charge < -0.3 is 20.3 Å². The molecular formula is C14H21NO4. The van der Waals surface area contributed by atoms with E-state index in [0.29, 0.717) is 26.1 Å². The summed E-state index contributed by atoms with van der Waals surface area (Å²) >= 11 is 0. The highest BCUT2D eigenvalue weighted by molar-refractivity contribution is 5.77. The van der Waals surface area contributed by atoms with Gasteiger partial charge in [-0.3, -0.25) is 4.79 Å². The lowest BCUT2D eigenvalue weighted by atomic mass is 9.98. The second-order valence-corrected chi connectivity index (χ2v) is 4.58. The van der Waals surface area contributed by atoms with Crippen molar-refractivity contribution >= 4 is 5.97 Å². The van der Waals surface area contributed by atoms with Crippen molar-refractivity contribution in [3.8, 4) is 11.5 Å². The molecular weight excluding hydrogens is 246 g/mol. The molecule has 0 fully saturated rings. The molecule has 106 valence electrons. The molecule has 0 heterocycles. The van der Waals surface area contributed by atoms with Gasteiger partial charge in [0.05, 0.1) is 13.2 Å². The number of aliphatic carboxylic acids is 1. The number of carboxylic acids is 1. The zero-order valence-electron chi connectivity index (χ0n) is 11.4. The van der Waals surface area contributed by atoms with E-state index in [1.165, 1.54) is 6.92 Å². The van der Waals surface area contributed by atoms with Crippen LogP contribution in [0.1, 0.15) is 26.7 Å². The summed E-state index contributed by atoms with van der Waals surface area (Å²) in [6.07, 6.45) is 0.964. The fraction of sp³-hybridized carbons (Fsp3) is 0.500. The van der Waals surface area contributed by atoms with E-state index < -0.39 is 11.5 Å². The van der Waals surface area contributed by atoms with E-state index in [1.807, 2.05) is 31.2 Å². The molecule has 5 nitrogen and oxygen atoms in total. The van der Waals surface area contributed by atoms with Crippen LogP contribution in [-0.2, 0) is 4.79 Å². The van der Waals surface area contributed by atoms with Gasteiger partial charge in [-0.25, -0.2) is 0 Å². The number of carbonyl (C=O) groups is 1. The first-order valence-corrected chi connectivity index (χ1v) is 6.33. The van der Waals surface area contributed by atoms with Crippen LogP contribution in [0.25, 0.3) is 0 Å². The average molecular weight is 267 g/mol. The lowest BCUT2D eigenvalue weighted by Gasteiger charge is -2.18. The maximum absolute atomic E-state index is 10.8. The number of nitrogens with two attached hydrogens (primary N) is 1. The Morgan fingerprint density at radius 1 is 1.26 bits per heavy atom. The molecule has 0 radical (unpaired) electrons. The fourth-order valence-corrected chi connectivity index (χ4v) is 1.54. The summed E-state index contributed by atoms with van der Waals surface area (Å²) in [6.45, 7) is 4.50. The minimum absolute atomic E-state index is 0.374. The minimum Gasteiger partial charge on any atom is -0.494 e. The Balaban J connectivity index is 2.31. The second-order valence-electron chi connectivity index (χ2n) is 4.58. The van der Waals surface area contributed by atoms with Crippen molar-refractivity contribution in [2.45, 2.75) is 32.2 Å². The van der Waals surface area contributed by atoms with Crippen molar-refractivity contribution in [2.24, 2.45) is 5.73 Å². The molecule has 1 rings (SSSR count). The zero-order valence-corrected chi connectivity index (χ0v) is 11.4. The molecule has 0 amide bonds. The summed E-state index contributed by atoms with van der Waals surface area (Å²) in [5.41, 5.74) is 4.43. The van der Waals surface area contributed by atoms with Gasteiger partial charge in [-0.05, 0) is 51.0 Å². The first-order chi connectivity index (χ1) is 8.95. The second kappa shape index (κ2) is 6.99. The number of rotatable bonds is 8. The third-order valence-electron chi connectivity index (χ3n) is 2.73. The molecule has 5 heteroatoms. The van der Waals surface area contributed by atoms with Crippen LogP contribution in [0.15, 0.2) is 24.3 Å². The van der Waals surface area contributed by atoms with E-state index in [-0.39, 0.29) is 0 Å². The molecule has 0 saturated carbocycles. The van der Waals surface area contributed by atoms with E-state index >= 15 is 0 Å². The third-order valence-corrected chi connectivity index (χ3v) is 2.73. The van der Waals surface area contributed by atoms with Crippen LogP contribution in [0.4, 0.5) is 0 Å². The maximum Gasteiger partial charge on any atom is 0.323 e. The monoisotopic (exact) mass is 267 g/mol. The Hall–Kier alpha value is -1.75. The molecule has 0 bridgehead atoms. The Morgan fingerprint density at radius 3 is 2.26 bits per heavy atom. The van der Waals surface area contributed by atoms with E-state index in [9.17, 15) is 4.79 Å². The quantitative estimate of drug-likeness (QED) is 0.704. The SMILES string of the molecule is CCOc1ccc(OCCCC(C)(N)C(=O)O)cc1. The average Bonchev–Trinajstić information content (AvgIpc) is 2.37. The smallest absolute Gasteiger partial charge is 0.323 e. The molecule has 0 aliphatic carbocycles. The summed E-state index contributed by atoms with van der Waals surface area (Å²) in [4.78, 5) is 10.8. The Labute approximate surface area is 113 Å². The van der Waals surface area contributed by atoms with E-state index in [4.69, 9.17) is 20.3 Å². The zero-order chi connectivity index (χ0) is 14.3. The van der Waals surface area contributed by atoms with Gasteiger partial charge in [-0.1, -0.05) is 0 Å². The number of hydrogen-bond donors (Lipinski definition) is 2. The molecule has 1 atom stereocenters. The Kier molecular flexibility index (Phi) is 5.63. The number of ether oxygens (including phenoxy) is 2. The molecule has 0 saturated heterocycles. The van der Waals surface area contributed by atoms with E-state index in [2.05, 4.69) is 0 Å². The van der Waals surface area contributed by atoms with E-state index in [0.717, 1.165) is 11.5 Å². The van der Waals surface area contributed by atoms with Crippen molar-refractivity contribution in [1.82, 2.24) is 0 Å². The molecule has 0 aliphatic heterocycles. The summed E-state index contributed by atoms with van der Waals surface area (Å²) in [7, 11) is 0. The molecule has 0 aromatic heterocycles. The van der Waals surface area contributed by atoms with Gasteiger partial charge in [0, 0.05) is 0 Å². The molecule has 1 aromatic carbocycles. The first kappa shape index (κ1) is 15.3. The predicted octanol–water partition coefficient (Wildman–Crippen LogP) is 2.05. The molecule has 0 spiro atoms. The van der Waals surface area contributed by atoms with Crippen LogP contribution in [0.5, 0.6) is 11.5 Å². The first-order valence-electron chi connectivity index (χ1n) is 6.33. The van der Waals surface area contributed by atoms with Gasteiger partial charge in [0.1, 0.15) is 17.0 Å². The lowest BCUT2D eigenvalue weighted by molar-refractivity contribution is -0.142. The number of hydrogen-bond acceptors (Lipinski definition) is 4. The summed E-state index contributed by atoms with van der Waals surface area (Å²) < 4.78 is 10.8. The van der Waals surface area contributed by atoms with Crippen molar-refractivity contribution in [3.63, 3.8) is 0 Å². The van der Waals surface area contributed by atoms with Gasteiger partial charge in [-0.15, -0.1) is 0 Å². The summed E-state index contributed by atoms with van der Waals surface area (Å²) in [5, 5.41) is 8.86. The van der Waals surface area contributed by atoms with Gasteiger partial charge >= 0.3 is 5.97 Å². The highest BCUT2D eigenvalue weighted by atomic mass is 16.5. The largest absolute Gasteiger partial charge is 0.494 e. The number of carboxylic acid groups (broad SMARTS) is 1. The van der Waals surface area contributed by atoms with Gasteiger partial charge in [0.25, 0.3) is 0 Å². The van der Waals surface area contributed by atoms with Crippen LogP contribution in [-0.4, -0.2) is 29.8 Å². The maximum atomic E-state index is 10.8. The minimum atomic E-state index is -1.19. The van der Waals surface area contributed by atoms with Crippen LogP contribution in [0.2, 0.25) is 0 Å². The Bertz CT molecular complexity index is 400. The van der Waals surface area contributed by atoms with Crippen molar-refractivity contribution in [1.29, 1.82) is 0 Å². The lowest BCUT2D eigenvalue weighted by Crippen LogP contribution is -2.44. The third kappa shape index (κ3) is 5.18. The summed E-state index contributed by atoms with van der Waals surface area (Å²) in [5.74, 6) is 0.543. The summed E-state index contributed by atoms with van der Waals surface area (Å²) in [6, 6.07) is 7.32. The predicted molar refractivity (Wildman–Crippen MR) is 72.6 cm³/mol. The van der Waals surface area contributed by atoms with Crippen molar-refractivity contribution < 1.29 is 19.4 Å². The molecule has 1 aromatic rings. The standard InChI is InChI=1S/C14H21NO4/c1-3-18-11-5-7-12(8-6-11)19-10-4-9-14(2,15)13(16)17/h5-8H,3-4,9-10,15H2,1-2H3,(H,16,17). The normalized spacial score (nSPS) is 13.6. The van der Waals surface area contributed by atoms with Gasteiger partial charge in [-0.2, -0.15) is 0 Å². The van der Waals surface area contributed by atoms with Crippen LogP contribution in [0, 0.1) is 0 Å². The van der Waals surface area contributed by atoms with Crippen molar-refractivity contribution in [2.75, 3.05) is 13.2 Å². The molecule has 0 aliphatic rings. The van der Waals surface area contributed by atoms with Gasteiger partial charge in [0.2, 0.25) is 0 Å². The highest BCUT2D eigenvalue weighted by Crippen LogP contribution is 2.18. The molecule has 3 N–H and O–H groups in total. The number of benzene rings is 1.